The molecule has 110 valence electrons. The number of aliphatic hydroxyl groups excluding tert-OH is 1. The Balaban J connectivity index is 2.21. The van der Waals surface area contributed by atoms with Gasteiger partial charge in [-0.1, -0.05) is 50.5 Å². The lowest BCUT2D eigenvalue weighted by Gasteiger charge is -2.39. The summed E-state index contributed by atoms with van der Waals surface area (Å²) in [7, 11) is 0. The Bertz CT molecular complexity index is 634. The number of benzene rings is 1. The van der Waals surface area contributed by atoms with Crippen LogP contribution in [0.3, 0.4) is 0 Å². The van der Waals surface area contributed by atoms with Crippen LogP contribution in [-0.4, -0.2) is 16.7 Å². The molecule has 0 radical (unpaired) electrons. The Morgan fingerprint density at radius 3 is 2.24 bits per heavy atom. The van der Waals surface area contributed by atoms with Crippen LogP contribution < -0.4 is 0 Å². The van der Waals surface area contributed by atoms with E-state index in [9.17, 15) is 14.7 Å². The third-order valence-corrected chi connectivity index (χ3v) is 5.11. The van der Waals surface area contributed by atoms with Crippen molar-refractivity contribution in [1.29, 1.82) is 0 Å². The van der Waals surface area contributed by atoms with Crippen LogP contribution in [0.15, 0.2) is 29.8 Å². The van der Waals surface area contributed by atoms with Crippen molar-refractivity contribution < 1.29 is 14.7 Å². The lowest BCUT2D eigenvalue weighted by Crippen LogP contribution is -2.36. The average Bonchev–Trinajstić information content (AvgIpc) is 2.54. The quantitative estimate of drug-likeness (QED) is 0.832. The van der Waals surface area contributed by atoms with E-state index in [1.165, 1.54) is 0 Å². The zero-order valence-electron chi connectivity index (χ0n) is 12.3. The first-order valence-corrected chi connectivity index (χ1v) is 7.73. The third-order valence-electron chi connectivity index (χ3n) is 5.11. The van der Waals surface area contributed by atoms with Crippen LogP contribution in [0.1, 0.15) is 61.4 Å². The maximum absolute atomic E-state index is 12.6. The number of rotatable bonds is 2. The minimum atomic E-state index is -0.505. The van der Waals surface area contributed by atoms with E-state index in [-0.39, 0.29) is 11.2 Å². The molecule has 0 heterocycles. The Labute approximate surface area is 124 Å². The van der Waals surface area contributed by atoms with E-state index in [1.807, 2.05) is 6.92 Å². The van der Waals surface area contributed by atoms with Gasteiger partial charge in [0, 0.05) is 16.5 Å². The normalized spacial score (nSPS) is 21.4. The first kappa shape index (κ1) is 14.1. The molecule has 2 aliphatic carbocycles. The molecule has 0 bridgehead atoms. The van der Waals surface area contributed by atoms with Gasteiger partial charge < -0.3 is 5.11 Å². The second kappa shape index (κ2) is 5.14. The molecule has 1 N–H and O–H groups in total. The van der Waals surface area contributed by atoms with Gasteiger partial charge in [-0.2, -0.15) is 0 Å². The topological polar surface area (TPSA) is 54.4 Å². The molecule has 0 saturated heterocycles. The van der Waals surface area contributed by atoms with Crippen molar-refractivity contribution in [1.82, 2.24) is 0 Å². The van der Waals surface area contributed by atoms with Crippen LogP contribution in [-0.2, 0) is 4.79 Å². The summed E-state index contributed by atoms with van der Waals surface area (Å²) in [6.45, 7) is 2.05. The molecule has 0 atom stereocenters. The lowest BCUT2D eigenvalue weighted by atomic mass is 9.63. The van der Waals surface area contributed by atoms with E-state index < -0.39 is 11.6 Å². The maximum Gasteiger partial charge on any atom is 0.234 e. The molecule has 3 heteroatoms. The number of allylic oxidation sites excluding steroid dienone is 1. The summed E-state index contributed by atoms with van der Waals surface area (Å²) in [6, 6.07) is 6.84. The van der Waals surface area contributed by atoms with E-state index in [4.69, 9.17) is 0 Å². The maximum atomic E-state index is 12.6. The molecule has 3 rings (SSSR count). The van der Waals surface area contributed by atoms with Gasteiger partial charge in [-0.3, -0.25) is 9.59 Å². The van der Waals surface area contributed by atoms with E-state index >= 15 is 0 Å². The summed E-state index contributed by atoms with van der Waals surface area (Å²) in [6.07, 6.45) is 5.80. The number of aliphatic hydroxyl groups is 1. The van der Waals surface area contributed by atoms with Crippen molar-refractivity contribution in [2.24, 2.45) is 5.41 Å². The summed E-state index contributed by atoms with van der Waals surface area (Å²) < 4.78 is 0. The second-order valence-electron chi connectivity index (χ2n) is 6.12. The largest absolute Gasteiger partial charge is 0.507 e. The van der Waals surface area contributed by atoms with Crippen molar-refractivity contribution >= 4 is 17.3 Å². The van der Waals surface area contributed by atoms with Gasteiger partial charge in [0.15, 0.2) is 0 Å². The van der Waals surface area contributed by atoms with Crippen molar-refractivity contribution in [2.75, 3.05) is 0 Å². The molecule has 1 saturated carbocycles. The SMILES string of the molecule is CCC1(C2=C(O)c3ccccc3C(=O)C2=O)CCCCC1. The van der Waals surface area contributed by atoms with Crippen molar-refractivity contribution in [2.45, 2.75) is 45.4 Å². The Morgan fingerprint density at radius 2 is 1.62 bits per heavy atom. The number of hydrogen-bond acceptors (Lipinski definition) is 3. The molecular formula is C18H20O3. The number of fused-ring (bicyclic) bond motifs is 1. The summed E-state index contributed by atoms with van der Waals surface area (Å²) in [5, 5.41) is 10.7. The molecule has 3 nitrogen and oxygen atoms in total. The van der Waals surface area contributed by atoms with Gasteiger partial charge in [0.25, 0.3) is 0 Å². The van der Waals surface area contributed by atoms with Gasteiger partial charge in [0.1, 0.15) is 5.76 Å². The number of hydrogen-bond donors (Lipinski definition) is 1. The van der Waals surface area contributed by atoms with Gasteiger partial charge in [0.2, 0.25) is 11.6 Å². The van der Waals surface area contributed by atoms with E-state index in [0.29, 0.717) is 16.7 Å². The minimum Gasteiger partial charge on any atom is -0.507 e. The van der Waals surface area contributed by atoms with Crippen LogP contribution in [0.25, 0.3) is 5.76 Å². The standard InChI is InChI=1S/C18H20O3/c1-2-18(10-6-3-7-11-18)14-15(19)12-8-4-5-9-13(12)16(20)17(14)21/h4-5,8-9,19H,2-3,6-7,10-11H2,1H3. The second-order valence-corrected chi connectivity index (χ2v) is 6.12. The molecule has 0 amide bonds. The smallest absolute Gasteiger partial charge is 0.234 e. The lowest BCUT2D eigenvalue weighted by molar-refractivity contribution is -0.113. The summed E-state index contributed by atoms with van der Waals surface area (Å²) >= 11 is 0. The monoisotopic (exact) mass is 284 g/mol. The summed E-state index contributed by atoms with van der Waals surface area (Å²) in [5.74, 6) is -0.953. The Hall–Kier alpha value is -1.90. The van der Waals surface area contributed by atoms with Crippen LogP contribution in [0, 0.1) is 5.41 Å². The fourth-order valence-corrected chi connectivity index (χ4v) is 3.87. The zero-order valence-corrected chi connectivity index (χ0v) is 12.3. The Morgan fingerprint density at radius 1 is 1.00 bits per heavy atom. The molecule has 1 fully saturated rings. The van der Waals surface area contributed by atoms with Gasteiger partial charge in [-0.25, -0.2) is 0 Å². The van der Waals surface area contributed by atoms with Crippen molar-refractivity contribution in [3.8, 4) is 0 Å². The molecule has 1 aromatic rings. The Kier molecular flexibility index (Phi) is 3.44. The van der Waals surface area contributed by atoms with Crippen LogP contribution in [0.5, 0.6) is 0 Å². The van der Waals surface area contributed by atoms with Crippen LogP contribution in [0.4, 0.5) is 0 Å². The number of Topliss-reactive ketones (excluding diaryl/α,β-unsaturated/α-hetero) is 2. The highest BCUT2D eigenvalue weighted by Crippen LogP contribution is 2.49. The average molecular weight is 284 g/mol. The number of carbonyl (C=O) groups is 2. The predicted molar refractivity (Wildman–Crippen MR) is 81.1 cm³/mol. The van der Waals surface area contributed by atoms with E-state index in [1.54, 1.807) is 24.3 Å². The molecule has 0 spiro atoms. The van der Waals surface area contributed by atoms with Gasteiger partial charge in [0.05, 0.1) is 5.57 Å². The molecule has 0 unspecified atom stereocenters. The molecule has 2 aliphatic rings. The van der Waals surface area contributed by atoms with Crippen molar-refractivity contribution in [3.63, 3.8) is 0 Å². The predicted octanol–water partition coefficient (Wildman–Crippen LogP) is 4.08. The molecule has 1 aromatic carbocycles. The first-order valence-electron chi connectivity index (χ1n) is 7.73. The van der Waals surface area contributed by atoms with Crippen molar-refractivity contribution in [3.05, 3.63) is 41.0 Å². The van der Waals surface area contributed by atoms with Gasteiger partial charge in [-0.05, 0) is 19.3 Å². The van der Waals surface area contributed by atoms with E-state index in [0.717, 1.165) is 38.5 Å². The first-order chi connectivity index (χ1) is 10.1. The fraction of sp³-hybridized carbons (Fsp3) is 0.444. The van der Waals surface area contributed by atoms with Crippen LogP contribution >= 0.6 is 0 Å². The van der Waals surface area contributed by atoms with Crippen LogP contribution in [0.2, 0.25) is 0 Å². The van der Waals surface area contributed by atoms with E-state index in [2.05, 4.69) is 0 Å². The van der Waals surface area contributed by atoms with Gasteiger partial charge in [-0.15, -0.1) is 0 Å². The molecule has 0 aliphatic heterocycles. The highest BCUT2D eigenvalue weighted by atomic mass is 16.3. The van der Waals surface area contributed by atoms with Gasteiger partial charge >= 0.3 is 0 Å². The third kappa shape index (κ3) is 2.03. The molecule has 0 aromatic heterocycles. The highest BCUT2D eigenvalue weighted by molar-refractivity contribution is 6.52. The zero-order chi connectivity index (χ0) is 15.0. The summed E-state index contributed by atoms with van der Waals surface area (Å²) in [5.41, 5.74) is 0.873. The molecule has 21 heavy (non-hydrogen) atoms. The fourth-order valence-electron chi connectivity index (χ4n) is 3.87. The number of ketones is 2. The highest BCUT2D eigenvalue weighted by Gasteiger charge is 2.45. The minimum absolute atomic E-state index is 0.0268. The number of carbonyl (C=O) groups excluding carboxylic acids is 2. The summed E-state index contributed by atoms with van der Waals surface area (Å²) in [4.78, 5) is 25.0. The molecular weight excluding hydrogens is 264 g/mol.